The van der Waals surface area contributed by atoms with Crippen molar-refractivity contribution < 1.29 is 14.0 Å². The zero-order chi connectivity index (χ0) is 24.6. The molecule has 0 bridgehead atoms. The highest BCUT2D eigenvalue weighted by molar-refractivity contribution is 6.76. The Balaban J connectivity index is 1.44. The predicted molar refractivity (Wildman–Crippen MR) is 140 cm³/mol. The zero-order valence-corrected chi connectivity index (χ0v) is 22.9. The zero-order valence-electron chi connectivity index (χ0n) is 21.9. The maximum absolute atomic E-state index is 6.21. The third kappa shape index (κ3) is 5.90. The van der Waals surface area contributed by atoms with Gasteiger partial charge in [-0.1, -0.05) is 19.6 Å². The molecule has 0 amide bonds. The monoisotopic (exact) mass is 495 g/mol. The fraction of sp³-hybridized carbons (Fsp3) is 0.615. The summed E-state index contributed by atoms with van der Waals surface area (Å²) in [6.45, 7) is 15.4. The van der Waals surface area contributed by atoms with Crippen LogP contribution in [0.4, 0.5) is 5.82 Å². The normalized spacial score (nSPS) is 19.7. The van der Waals surface area contributed by atoms with Crippen LogP contribution in [0.1, 0.15) is 36.7 Å². The molecule has 3 aliphatic rings. The van der Waals surface area contributed by atoms with Gasteiger partial charge in [-0.3, -0.25) is 0 Å². The molecule has 2 aliphatic heterocycles. The van der Waals surface area contributed by atoms with Crippen LogP contribution in [0.3, 0.4) is 0 Å². The molecule has 2 aromatic rings. The average molecular weight is 496 g/mol. The van der Waals surface area contributed by atoms with Crippen LogP contribution in [0.25, 0.3) is 0 Å². The number of hydrogen-bond acceptors (Lipinski definition) is 7. The number of fused-ring (bicyclic) bond motifs is 1. The summed E-state index contributed by atoms with van der Waals surface area (Å²) >= 11 is 0. The van der Waals surface area contributed by atoms with Crippen LogP contribution >= 0.6 is 0 Å². The molecule has 0 atom stereocenters. The van der Waals surface area contributed by atoms with Crippen molar-refractivity contribution in [2.24, 2.45) is 0 Å². The Labute approximate surface area is 210 Å². The SMILES string of the molecule is CN1CCN(c2cc(C3=[N+](COCC[Si](C)(C)C)Cc4ccc(OC5(C)CC5)nc43)ncn2)CC1. The summed E-state index contributed by atoms with van der Waals surface area (Å²) in [5.74, 6) is 1.66. The van der Waals surface area contributed by atoms with Crippen LogP contribution in [0, 0.1) is 0 Å². The van der Waals surface area contributed by atoms with Gasteiger partial charge in [-0.25, -0.2) is 15.0 Å². The Morgan fingerprint density at radius 1 is 1.09 bits per heavy atom. The van der Waals surface area contributed by atoms with Crippen LogP contribution < -0.4 is 9.64 Å². The van der Waals surface area contributed by atoms with Gasteiger partial charge in [-0.2, -0.15) is 4.58 Å². The molecule has 5 rings (SSSR count). The molecule has 0 N–H and O–H groups in total. The van der Waals surface area contributed by atoms with E-state index in [4.69, 9.17) is 19.4 Å². The van der Waals surface area contributed by atoms with Crippen molar-refractivity contribution in [3.63, 3.8) is 0 Å². The lowest BCUT2D eigenvalue weighted by atomic mass is 10.1. The molecule has 0 spiro atoms. The summed E-state index contributed by atoms with van der Waals surface area (Å²) in [4.78, 5) is 19.0. The second-order valence-corrected chi connectivity index (χ2v) is 17.3. The summed E-state index contributed by atoms with van der Waals surface area (Å²) in [6, 6.07) is 7.42. The lowest BCUT2D eigenvalue weighted by Crippen LogP contribution is -2.44. The fourth-order valence-electron chi connectivity index (χ4n) is 4.46. The second-order valence-electron chi connectivity index (χ2n) is 11.7. The highest BCUT2D eigenvalue weighted by Crippen LogP contribution is 2.39. The molecule has 1 aliphatic carbocycles. The van der Waals surface area contributed by atoms with E-state index in [0.29, 0.717) is 12.6 Å². The van der Waals surface area contributed by atoms with Gasteiger partial charge in [-0.05, 0) is 38.9 Å². The summed E-state index contributed by atoms with van der Waals surface area (Å²) in [5.41, 5.74) is 3.97. The minimum Gasteiger partial charge on any atom is -0.471 e. The number of rotatable bonds is 9. The fourth-order valence-corrected chi connectivity index (χ4v) is 5.21. The topological polar surface area (TPSA) is 66.6 Å². The first kappa shape index (κ1) is 24.3. The number of likely N-dealkylation sites (N-methyl/N-ethyl adjacent to an activating group) is 1. The Morgan fingerprint density at radius 2 is 1.86 bits per heavy atom. The Morgan fingerprint density at radius 3 is 2.57 bits per heavy atom. The molecule has 9 heteroatoms. The predicted octanol–water partition coefficient (Wildman–Crippen LogP) is 3.23. The van der Waals surface area contributed by atoms with E-state index in [-0.39, 0.29) is 5.60 Å². The highest BCUT2D eigenvalue weighted by atomic mass is 28.3. The summed E-state index contributed by atoms with van der Waals surface area (Å²) in [6.07, 6.45) is 3.85. The van der Waals surface area contributed by atoms with E-state index in [2.05, 4.69) is 65.1 Å². The summed E-state index contributed by atoms with van der Waals surface area (Å²) < 4.78 is 14.6. The molecular weight excluding hydrogens is 456 g/mol. The highest BCUT2D eigenvalue weighted by Gasteiger charge is 2.41. The van der Waals surface area contributed by atoms with E-state index in [0.717, 1.165) is 81.1 Å². The molecule has 1 saturated heterocycles. The van der Waals surface area contributed by atoms with Crippen LogP contribution in [0.2, 0.25) is 25.7 Å². The van der Waals surface area contributed by atoms with Crippen LogP contribution in [0.15, 0.2) is 24.5 Å². The van der Waals surface area contributed by atoms with Crippen LogP contribution in [0.5, 0.6) is 5.88 Å². The maximum Gasteiger partial charge on any atom is 0.254 e. The van der Waals surface area contributed by atoms with Gasteiger partial charge in [0, 0.05) is 51.9 Å². The lowest BCUT2D eigenvalue weighted by molar-refractivity contribution is -0.578. The number of ether oxygens (including phenoxy) is 2. The first-order chi connectivity index (χ1) is 16.7. The second kappa shape index (κ2) is 9.59. The standard InChI is InChI=1S/C26H39N6O2Si/c1-26(8-9-26)34-23-7-6-20-17-32(19-33-14-15-35(3,4)5)25(24(20)29-23)21-16-22(28-18-27-21)31-12-10-30(2)11-13-31/h6-7,16,18H,8-15,17,19H2,1-5H3/q+1. The third-order valence-electron chi connectivity index (χ3n) is 7.13. The van der Waals surface area contributed by atoms with Crippen molar-refractivity contribution in [3.8, 4) is 5.88 Å². The van der Waals surface area contributed by atoms with E-state index in [1.807, 2.05) is 6.07 Å². The van der Waals surface area contributed by atoms with Crippen molar-refractivity contribution in [1.82, 2.24) is 19.9 Å². The van der Waals surface area contributed by atoms with E-state index in [9.17, 15) is 0 Å². The maximum atomic E-state index is 6.21. The van der Waals surface area contributed by atoms with Crippen molar-refractivity contribution in [2.75, 3.05) is 51.5 Å². The van der Waals surface area contributed by atoms with Gasteiger partial charge in [0.15, 0.2) is 6.54 Å². The summed E-state index contributed by atoms with van der Waals surface area (Å²) in [7, 11) is 1.02. The molecule has 0 unspecified atom stereocenters. The van der Waals surface area contributed by atoms with Gasteiger partial charge in [0.25, 0.3) is 5.71 Å². The number of piperazine rings is 1. The lowest BCUT2D eigenvalue weighted by Gasteiger charge is -2.33. The molecule has 4 heterocycles. The number of pyridine rings is 1. The van der Waals surface area contributed by atoms with Crippen molar-refractivity contribution in [1.29, 1.82) is 0 Å². The van der Waals surface area contributed by atoms with Gasteiger partial charge < -0.3 is 19.3 Å². The molecular formula is C26H39N6O2Si+. The first-order valence-corrected chi connectivity index (χ1v) is 16.5. The molecule has 8 nitrogen and oxygen atoms in total. The third-order valence-corrected chi connectivity index (χ3v) is 8.83. The van der Waals surface area contributed by atoms with Gasteiger partial charge in [0.05, 0.1) is 6.61 Å². The van der Waals surface area contributed by atoms with E-state index < -0.39 is 8.07 Å². The van der Waals surface area contributed by atoms with Crippen LogP contribution in [-0.4, -0.2) is 90.4 Å². The number of hydrogen-bond donors (Lipinski definition) is 0. The number of anilines is 1. The molecule has 0 aromatic carbocycles. The first-order valence-electron chi connectivity index (χ1n) is 12.8. The molecule has 2 fully saturated rings. The van der Waals surface area contributed by atoms with Crippen molar-refractivity contribution in [2.45, 2.75) is 57.6 Å². The van der Waals surface area contributed by atoms with Gasteiger partial charge in [0.2, 0.25) is 12.6 Å². The number of nitrogens with zero attached hydrogens (tertiary/aromatic N) is 6. The largest absolute Gasteiger partial charge is 0.471 e. The minimum absolute atomic E-state index is 0.0663. The molecule has 188 valence electrons. The van der Waals surface area contributed by atoms with Gasteiger partial charge >= 0.3 is 0 Å². The molecule has 35 heavy (non-hydrogen) atoms. The minimum atomic E-state index is -1.14. The molecule has 1 saturated carbocycles. The number of aromatic nitrogens is 3. The Kier molecular flexibility index (Phi) is 6.67. The van der Waals surface area contributed by atoms with Crippen molar-refractivity contribution >= 4 is 19.6 Å². The Bertz CT molecular complexity index is 1100. The van der Waals surface area contributed by atoms with Gasteiger partial charge in [0.1, 0.15) is 29.1 Å². The van der Waals surface area contributed by atoms with Crippen LogP contribution in [-0.2, 0) is 11.3 Å². The van der Waals surface area contributed by atoms with E-state index >= 15 is 0 Å². The molecule has 2 aromatic heterocycles. The van der Waals surface area contributed by atoms with E-state index in [1.54, 1.807) is 6.33 Å². The van der Waals surface area contributed by atoms with Gasteiger partial charge in [-0.15, -0.1) is 0 Å². The smallest absolute Gasteiger partial charge is 0.254 e. The average Bonchev–Trinajstić information content (AvgIpc) is 3.43. The quantitative estimate of drug-likeness (QED) is 0.301. The molecule has 0 radical (unpaired) electrons. The summed E-state index contributed by atoms with van der Waals surface area (Å²) in [5, 5.41) is 0. The Hall–Kier alpha value is -2.36. The van der Waals surface area contributed by atoms with Crippen molar-refractivity contribution in [3.05, 3.63) is 41.5 Å². The van der Waals surface area contributed by atoms with E-state index in [1.165, 1.54) is 5.56 Å².